The molecule has 2 aromatic rings. The average Bonchev–Trinajstić information content (AvgIpc) is 2.74. The molecule has 0 unspecified atom stereocenters. The van der Waals surface area contributed by atoms with Crippen LogP contribution in [0.4, 0.5) is 0 Å². The molecule has 0 spiro atoms. The number of benzene rings is 1. The number of aromatic hydroxyl groups is 1. The summed E-state index contributed by atoms with van der Waals surface area (Å²) in [6.45, 7) is 0. The lowest BCUT2D eigenvalue weighted by molar-refractivity contribution is 0.0600. The maximum atomic E-state index is 11.3. The quantitative estimate of drug-likeness (QED) is 0.798. The van der Waals surface area contributed by atoms with Gasteiger partial charge in [-0.25, -0.2) is 4.79 Å². The first-order chi connectivity index (χ1) is 8.13. The number of aromatic nitrogens is 2. The molecule has 0 radical (unpaired) electrons. The van der Waals surface area contributed by atoms with E-state index in [1.165, 1.54) is 13.2 Å². The van der Waals surface area contributed by atoms with E-state index in [-0.39, 0.29) is 5.75 Å². The number of aryl methyl sites for hydroxylation is 1. The van der Waals surface area contributed by atoms with Gasteiger partial charge in [-0.05, 0) is 24.3 Å². The Labute approximate surface area is 98.3 Å². The lowest BCUT2D eigenvalue weighted by Gasteiger charge is -2.06. The van der Waals surface area contributed by atoms with E-state index >= 15 is 0 Å². The van der Waals surface area contributed by atoms with Gasteiger partial charge >= 0.3 is 5.97 Å². The van der Waals surface area contributed by atoms with Crippen LogP contribution in [0, 0.1) is 0 Å². The van der Waals surface area contributed by atoms with Crippen LogP contribution >= 0.6 is 0 Å². The first-order valence-electron chi connectivity index (χ1n) is 5.03. The fourth-order valence-corrected chi connectivity index (χ4v) is 1.63. The van der Waals surface area contributed by atoms with Crippen molar-refractivity contribution in [2.24, 2.45) is 7.05 Å². The zero-order valence-electron chi connectivity index (χ0n) is 9.54. The number of carbonyl (C=O) groups is 1. The standard InChI is InChI=1S/C12H12N2O3/c1-14-10(5-6-13-14)9-4-3-8(7-11(9)15)12(16)17-2/h3-7,15H,1-2H3. The summed E-state index contributed by atoms with van der Waals surface area (Å²) < 4.78 is 6.22. The number of phenolic OH excluding ortho intramolecular Hbond substituents is 1. The van der Waals surface area contributed by atoms with Crippen molar-refractivity contribution in [3.8, 4) is 17.0 Å². The minimum atomic E-state index is -0.475. The summed E-state index contributed by atoms with van der Waals surface area (Å²) >= 11 is 0. The highest BCUT2D eigenvalue weighted by Gasteiger charge is 2.12. The summed E-state index contributed by atoms with van der Waals surface area (Å²) in [5, 5.41) is 13.9. The Balaban J connectivity index is 2.46. The monoisotopic (exact) mass is 232 g/mol. The molecule has 0 atom stereocenters. The van der Waals surface area contributed by atoms with Gasteiger partial charge in [0.2, 0.25) is 0 Å². The van der Waals surface area contributed by atoms with E-state index in [2.05, 4.69) is 9.84 Å². The number of hydrogen-bond acceptors (Lipinski definition) is 4. The Hall–Kier alpha value is -2.30. The number of ether oxygens (including phenoxy) is 1. The maximum Gasteiger partial charge on any atom is 0.337 e. The van der Waals surface area contributed by atoms with Gasteiger partial charge in [-0.15, -0.1) is 0 Å². The lowest BCUT2D eigenvalue weighted by Crippen LogP contribution is -2.01. The zero-order valence-corrected chi connectivity index (χ0v) is 9.54. The van der Waals surface area contributed by atoms with Crippen LogP contribution in [0.15, 0.2) is 30.5 Å². The van der Waals surface area contributed by atoms with Crippen molar-refractivity contribution in [1.29, 1.82) is 0 Å². The second-order valence-corrected chi connectivity index (χ2v) is 3.56. The van der Waals surface area contributed by atoms with E-state index in [1.807, 2.05) is 0 Å². The fourth-order valence-electron chi connectivity index (χ4n) is 1.63. The largest absolute Gasteiger partial charge is 0.507 e. The fraction of sp³-hybridized carbons (Fsp3) is 0.167. The van der Waals surface area contributed by atoms with Crippen LogP contribution in [0.25, 0.3) is 11.3 Å². The minimum absolute atomic E-state index is 0.0245. The summed E-state index contributed by atoms with van der Waals surface area (Å²) in [7, 11) is 3.08. The molecule has 5 nitrogen and oxygen atoms in total. The highest BCUT2D eigenvalue weighted by Crippen LogP contribution is 2.29. The van der Waals surface area contributed by atoms with Crippen LogP contribution < -0.4 is 0 Å². The zero-order chi connectivity index (χ0) is 12.4. The molecule has 0 bridgehead atoms. The van der Waals surface area contributed by atoms with Gasteiger partial charge in [-0.2, -0.15) is 5.10 Å². The Kier molecular flexibility index (Phi) is 2.82. The van der Waals surface area contributed by atoms with Crippen LogP contribution in [0.5, 0.6) is 5.75 Å². The third-order valence-corrected chi connectivity index (χ3v) is 2.52. The molecule has 0 aliphatic heterocycles. The molecular formula is C12H12N2O3. The van der Waals surface area contributed by atoms with Gasteiger partial charge in [0.25, 0.3) is 0 Å². The highest BCUT2D eigenvalue weighted by molar-refractivity contribution is 5.91. The van der Waals surface area contributed by atoms with Crippen LogP contribution in [-0.4, -0.2) is 28.0 Å². The SMILES string of the molecule is COC(=O)c1ccc(-c2ccnn2C)c(O)c1. The Morgan fingerprint density at radius 3 is 2.71 bits per heavy atom. The second-order valence-electron chi connectivity index (χ2n) is 3.56. The number of rotatable bonds is 2. The van der Waals surface area contributed by atoms with Crippen molar-refractivity contribution in [2.45, 2.75) is 0 Å². The average molecular weight is 232 g/mol. The Bertz CT molecular complexity index is 561. The predicted octanol–water partition coefficient (Wildman–Crippen LogP) is 1.58. The van der Waals surface area contributed by atoms with Crippen molar-refractivity contribution in [2.75, 3.05) is 7.11 Å². The van der Waals surface area contributed by atoms with E-state index in [9.17, 15) is 9.90 Å². The van der Waals surface area contributed by atoms with Crippen LogP contribution in [0.2, 0.25) is 0 Å². The van der Waals surface area contributed by atoms with Crippen LogP contribution in [0.1, 0.15) is 10.4 Å². The molecule has 88 valence electrons. The van der Waals surface area contributed by atoms with Crippen LogP contribution in [0.3, 0.4) is 0 Å². The topological polar surface area (TPSA) is 64.3 Å². The van der Waals surface area contributed by atoms with Gasteiger partial charge in [-0.3, -0.25) is 4.68 Å². The molecule has 0 aliphatic carbocycles. The van der Waals surface area contributed by atoms with E-state index in [1.54, 1.807) is 36.1 Å². The van der Waals surface area contributed by atoms with Crippen molar-refractivity contribution in [3.63, 3.8) is 0 Å². The minimum Gasteiger partial charge on any atom is -0.507 e. The predicted molar refractivity (Wildman–Crippen MR) is 61.6 cm³/mol. The first kappa shape index (κ1) is 11.2. The summed E-state index contributed by atoms with van der Waals surface area (Å²) in [6.07, 6.45) is 1.64. The molecule has 5 heteroatoms. The summed E-state index contributed by atoms with van der Waals surface area (Å²) in [5.74, 6) is -0.451. The van der Waals surface area contributed by atoms with Crippen molar-refractivity contribution < 1.29 is 14.6 Å². The van der Waals surface area contributed by atoms with Crippen molar-refractivity contribution >= 4 is 5.97 Å². The molecule has 0 amide bonds. The van der Waals surface area contributed by atoms with Gasteiger partial charge in [0, 0.05) is 18.8 Å². The Morgan fingerprint density at radius 2 is 2.18 bits per heavy atom. The molecule has 0 fully saturated rings. The molecule has 1 aromatic carbocycles. The smallest absolute Gasteiger partial charge is 0.337 e. The van der Waals surface area contributed by atoms with Gasteiger partial charge < -0.3 is 9.84 Å². The highest BCUT2D eigenvalue weighted by atomic mass is 16.5. The molecule has 0 aliphatic rings. The number of nitrogens with zero attached hydrogens (tertiary/aromatic N) is 2. The number of carbonyl (C=O) groups excluding carboxylic acids is 1. The van der Waals surface area contributed by atoms with Crippen molar-refractivity contribution in [1.82, 2.24) is 9.78 Å². The molecule has 1 heterocycles. The maximum absolute atomic E-state index is 11.3. The lowest BCUT2D eigenvalue weighted by atomic mass is 10.1. The number of phenols is 1. The van der Waals surface area contributed by atoms with Gasteiger partial charge in [-0.1, -0.05) is 0 Å². The third-order valence-electron chi connectivity index (χ3n) is 2.52. The molecule has 17 heavy (non-hydrogen) atoms. The Morgan fingerprint density at radius 1 is 1.41 bits per heavy atom. The van der Waals surface area contributed by atoms with Crippen molar-refractivity contribution in [3.05, 3.63) is 36.0 Å². The van der Waals surface area contributed by atoms with Gasteiger partial charge in [0.15, 0.2) is 0 Å². The van der Waals surface area contributed by atoms with Gasteiger partial charge in [0.1, 0.15) is 5.75 Å². The van der Waals surface area contributed by atoms with Gasteiger partial charge in [0.05, 0.1) is 18.4 Å². The summed E-state index contributed by atoms with van der Waals surface area (Å²) in [6, 6.07) is 6.44. The molecule has 1 aromatic heterocycles. The molecule has 0 saturated carbocycles. The van der Waals surface area contributed by atoms with E-state index < -0.39 is 5.97 Å². The first-order valence-corrected chi connectivity index (χ1v) is 5.03. The number of hydrogen-bond donors (Lipinski definition) is 1. The molecular weight excluding hydrogens is 220 g/mol. The summed E-state index contributed by atoms with van der Waals surface area (Å²) in [5.41, 5.74) is 1.72. The summed E-state index contributed by atoms with van der Waals surface area (Å²) in [4.78, 5) is 11.3. The number of methoxy groups -OCH3 is 1. The van der Waals surface area contributed by atoms with E-state index in [0.717, 1.165) is 5.69 Å². The molecule has 0 saturated heterocycles. The second kappa shape index (κ2) is 4.29. The normalized spacial score (nSPS) is 10.2. The third kappa shape index (κ3) is 1.99. The van der Waals surface area contributed by atoms with E-state index in [4.69, 9.17) is 0 Å². The molecule has 2 rings (SSSR count). The van der Waals surface area contributed by atoms with E-state index in [0.29, 0.717) is 11.1 Å². The van der Waals surface area contributed by atoms with Crippen LogP contribution in [-0.2, 0) is 11.8 Å². The molecule has 1 N–H and O–H groups in total. The number of esters is 1.